The van der Waals surface area contributed by atoms with Gasteiger partial charge in [-0.25, -0.2) is 0 Å². The van der Waals surface area contributed by atoms with Gasteiger partial charge in [-0.05, 0) is 68.2 Å². The van der Waals surface area contributed by atoms with Crippen LogP contribution in [0.4, 0.5) is 0 Å². The van der Waals surface area contributed by atoms with Crippen molar-refractivity contribution in [2.24, 2.45) is 11.8 Å². The summed E-state index contributed by atoms with van der Waals surface area (Å²) in [4.78, 5) is 2.76. The summed E-state index contributed by atoms with van der Waals surface area (Å²) >= 11 is 0. The summed E-state index contributed by atoms with van der Waals surface area (Å²) in [7, 11) is 0. The highest BCUT2D eigenvalue weighted by molar-refractivity contribution is 5.35. The van der Waals surface area contributed by atoms with Gasteiger partial charge in [-0.3, -0.25) is 0 Å². The Morgan fingerprint density at radius 1 is 1.09 bits per heavy atom. The largest absolute Gasteiger partial charge is 0.508 e. The second-order valence-corrected chi connectivity index (χ2v) is 7.96. The molecule has 1 aromatic carbocycles. The molecule has 22 heavy (non-hydrogen) atoms. The van der Waals surface area contributed by atoms with Crippen LogP contribution >= 0.6 is 0 Å². The first-order chi connectivity index (χ1) is 10.8. The highest BCUT2D eigenvalue weighted by Crippen LogP contribution is 2.51. The lowest BCUT2D eigenvalue weighted by Crippen LogP contribution is -2.48. The predicted molar refractivity (Wildman–Crippen MR) is 90.1 cm³/mol. The molecule has 0 aromatic heterocycles. The Kier molecular flexibility index (Phi) is 3.89. The molecule has 0 amide bonds. The standard InChI is InChI=1S/C20H29NO/c22-19-9-3-7-17(13-19)20-10-4-8-18(20)15-21(12-11-20)14-16-5-1-2-6-16/h3,7,9,13,16,18,22H,1-2,4-6,8,10-12,14-15H2. The van der Waals surface area contributed by atoms with Gasteiger partial charge in [-0.2, -0.15) is 0 Å². The van der Waals surface area contributed by atoms with Gasteiger partial charge in [0.25, 0.3) is 0 Å². The van der Waals surface area contributed by atoms with Crippen molar-refractivity contribution in [1.82, 2.24) is 4.90 Å². The Balaban J connectivity index is 1.50. The van der Waals surface area contributed by atoms with E-state index in [9.17, 15) is 5.11 Å². The summed E-state index contributed by atoms with van der Waals surface area (Å²) in [6, 6.07) is 8.12. The molecule has 1 heterocycles. The molecular weight excluding hydrogens is 270 g/mol. The van der Waals surface area contributed by atoms with Gasteiger partial charge in [0.15, 0.2) is 0 Å². The Bertz CT molecular complexity index is 522. The fourth-order valence-electron chi connectivity index (χ4n) is 5.56. The van der Waals surface area contributed by atoms with Gasteiger partial charge in [0.05, 0.1) is 0 Å². The quantitative estimate of drug-likeness (QED) is 0.898. The van der Waals surface area contributed by atoms with E-state index in [1.54, 1.807) is 6.07 Å². The summed E-state index contributed by atoms with van der Waals surface area (Å²) in [5, 5.41) is 9.89. The third kappa shape index (κ3) is 2.56. The van der Waals surface area contributed by atoms with Crippen LogP contribution in [0.5, 0.6) is 5.75 Å². The molecule has 0 radical (unpaired) electrons. The number of piperidine rings is 1. The van der Waals surface area contributed by atoms with Crippen LogP contribution in [0.3, 0.4) is 0 Å². The second-order valence-electron chi connectivity index (χ2n) is 7.96. The van der Waals surface area contributed by atoms with Gasteiger partial charge in [0.1, 0.15) is 5.75 Å². The minimum atomic E-state index is 0.352. The van der Waals surface area contributed by atoms with Crippen LogP contribution in [0.25, 0.3) is 0 Å². The summed E-state index contributed by atoms with van der Waals surface area (Å²) < 4.78 is 0. The normalized spacial score (nSPS) is 33.2. The molecule has 1 saturated heterocycles. The summed E-state index contributed by atoms with van der Waals surface area (Å²) in [6.07, 6.45) is 11.2. The first kappa shape index (κ1) is 14.6. The molecule has 2 saturated carbocycles. The van der Waals surface area contributed by atoms with Crippen molar-refractivity contribution in [3.63, 3.8) is 0 Å². The van der Waals surface area contributed by atoms with E-state index in [4.69, 9.17) is 0 Å². The zero-order valence-corrected chi connectivity index (χ0v) is 13.6. The van der Waals surface area contributed by atoms with Crippen molar-refractivity contribution in [2.75, 3.05) is 19.6 Å². The van der Waals surface area contributed by atoms with E-state index < -0.39 is 0 Å². The van der Waals surface area contributed by atoms with Gasteiger partial charge in [0, 0.05) is 18.5 Å². The smallest absolute Gasteiger partial charge is 0.115 e. The van der Waals surface area contributed by atoms with E-state index in [1.807, 2.05) is 12.1 Å². The van der Waals surface area contributed by atoms with Crippen LogP contribution in [0.15, 0.2) is 24.3 Å². The Hall–Kier alpha value is -1.02. The molecule has 4 rings (SSSR count). The van der Waals surface area contributed by atoms with E-state index >= 15 is 0 Å². The first-order valence-electron chi connectivity index (χ1n) is 9.28. The lowest BCUT2D eigenvalue weighted by Gasteiger charge is -2.45. The highest BCUT2D eigenvalue weighted by atomic mass is 16.3. The molecule has 3 aliphatic rings. The highest BCUT2D eigenvalue weighted by Gasteiger charge is 2.47. The molecule has 2 unspecified atom stereocenters. The van der Waals surface area contributed by atoms with E-state index in [0.717, 1.165) is 11.8 Å². The van der Waals surface area contributed by atoms with Crippen molar-refractivity contribution < 1.29 is 5.11 Å². The average Bonchev–Trinajstić information content (AvgIpc) is 3.17. The SMILES string of the molecule is Oc1cccc(C23CCCC2CN(CC2CCCC2)CC3)c1. The van der Waals surface area contributed by atoms with Gasteiger partial charge in [0.2, 0.25) is 0 Å². The predicted octanol–water partition coefficient (Wildman–Crippen LogP) is 4.33. The topological polar surface area (TPSA) is 23.5 Å². The average molecular weight is 299 g/mol. The monoisotopic (exact) mass is 299 g/mol. The van der Waals surface area contributed by atoms with Crippen molar-refractivity contribution in [1.29, 1.82) is 0 Å². The minimum Gasteiger partial charge on any atom is -0.508 e. The van der Waals surface area contributed by atoms with Crippen LogP contribution in [0.2, 0.25) is 0 Å². The van der Waals surface area contributed by atoms with Gasteiger partial charge in [-0.15, -0.1) is 0 Å². The first-order valence-corrected chi connectivity index (χ1v) is 9.28. The van der Waals surface area contributed by atoms with Crippen LogP contribution < -0.4 is 0 Å². The Labute approximate surface area is 134 Å². The lowest BCUT2D eigenvalue weighted by molar-refractivity contribution is 0.0972. The lowest BCUT2D eigenvalue weighted by atomic mass is 9.67. The number of hydrogen-bond donors (Lipinski definition) is 1. The number of rotatable bonds is 3. The van der Waals surface area contributed by atoms with E-state index in [1.165, 1.54) is 76.6 Å². The Morgan fingerprint density at radius 2 is 1.95 bits per heavy atom. The Morgan fingerprint density at radius 3 is 2.77 bits per heavy atom. The zero-order chi connectivity index (χ0) is 15.0. The number of fused-ring (bicyclic) bond motifs is 1. The number of nitrogens with zero attached hydrogens (tertiary/aromatic N) is 1. The molecule has 3 fully saturated rings. The van der Waals surface area contributed by atoms with Gasteiger partial charge < -0.3 is 10.0 Å². The zero-order valence-electron chi connectivity index (χ0n) is 13.6. The fraction of sp³-hybridized carbons (Fsp3) is 0.700. The molecule has 2 atom stereocenters. The van der Waals surface area contributed by atoms with Crippen LogP contribution in [-0.4, -0.2) is 29.6 Å². The summed E-state index contributed by atoms with van der Waals surface area (Å²) in [5.74, 6) is 2.20. The van der Waals surface area contributed by atoms with Crippen molar-refractivity contribution >= 4 is 0 Å². The van der Waals surface area contributed by atoms with Crippen molar-refractivity contribution in [3.05, 3.63) is 29.8 Å². The fourth-order valence-corrected chi connectivity index (χ4v) is 5.56. The molecule has 1 aromatic rings. The molecule has 0 spiro atoms. The van der Waals surface area contributed by atoms with E-state index in [-0.39, 0.29) is 0 Å². The van der Waals surface area contributed by atoms with Gasteiger partial charge >= 0.3 is 0 Å². The van der Waals surface area contributed by atoms with Crippen LogP contribution in [0.1, 0.15) is 56.9 Å². The summed E-state index contributed by atoms with van der Waals surface area (Å²) in [6.45, 7) is 3.88. The molecule has 0 bridgehead atoms. The summed E-state index contributed by atoms with van der Waals surface area (Å²) in [5.41, 5.74) is 1.75. The molecule has 1 N–H and O–H groups in total. The molecule has 120 valence electrons. The van der Waals surface area contributed by atoms with Crippen LogP contribution in [-0.2, 0) is 5.41 Å². The third-order valence-electron chi connectivity index (χ3n) is 6.72. The second kappa shape index (κ2) is 5.88. The molecule has 2 nitrogen and oxygen atoms in total. The molecule has 2 aliphatic carbocycles. The minimum absolute atomic E-state index is 0.352. The van der Waals surface area contributed by atoms with Crippen molar-refractivity contribution in [2.45, 2.75) is 56.8 Å². The van der Waals surface area contributed by atoms with Crippen molar-refractivity contribution in [3.8, 4) is 5.75 Å². The van der Waals surface area contributed by atoms with Crippen LogP contribution in [0, 0.1) is 11.8 Å². The van der Waals surface area contributed by atoms with E-state index in [2.05, 4.69) is 11.0 Å². The van der Waals surface area contributed by atoms with E-state index in [0.29, 0.717) is 11.2 Å². The number of likely N-dealkylation sites (tertiary alicyclic amines) is 1. The van der Waals surface area contributed by atoms with Gasteiger partial charge in [-0.1, -0.05) is 31.4 Å². The third-order valence-corrected chi connectivity index (χ3v) is 6.72. The maximum absolute atomic E-state index is 9.89. The number of phenolic OH excluding ortho intramolecular Hbond substituents is 1. The maximum atomic E-state index is 9.89. The molecular formula is C20H29NO. The number of aromatic hydroxyl groups is 1. The number of phenols is 1. The maximum Gasteiger partial charge on any atom is 0.115 e. The molecule has 2 heteroatoms. The molecule has 1 aliphatic heterocycles. The number of hydrogen-bond acceptors (Lipinski definition) is 2. The number of benzene rings is 1.